The predicted octanol–water partition coefficient (Wildman–Crippen LogP) is -0.441. The lowest BCUT2D eigenvalue weighted by atomic mass is 10.1. The molecule has 0 spiro atoms. The van der Waals surface area contributed by atoms with E-state index in [0.717, 1.165) is 6.42 Å². The van der Waals surface area contributed by atoms with Crippen LogP contribution in [0, 0.1) is 0 Å². The Kier molecular flexibility index (Phi) is 3.99. The minimum Gasteiger partial charge on any atom is -0.480 e. The van der Waals surface area contributed by atoms with Crippen molar-refractivity contribution in [2.45, 2.75) is 31.9 Å². The van der Waals surface area contributed by atoms with Gasteiger partial charge in [0.2, 0.25) is 0 Å². The molecule has 4 heteroatoms. The largest absolute Gasteiger partial charge is 0.480 e. The van der Waals surface area contributed by atoms with E-state index in [2.05, 4.69) is 0 Å². The van der Waals surface area contributed by atoms with Crippen LogP contribution in [0.5, 0.6) is 0 Å². The maximum Gasteiger partial charge on any atom is 0.323 e. The molecule has 60 valence electrons. The van der Waals surface area contributed by atoms with Gasteiger partial charge in [0.25, 0.3) is 0 Å². The number of hydrogen-bond donors (Lipinski definition) is 3. The van der Waals surface area contributed by atoms with Crippen molar-refractivity contribution in [3.05, 3.63) is 0 Å². The molecule has 0 radical (unpaired) electrons. The van der Waals surface area contributed by atoms with Crippen LogP contribution in [0.1, 0.15) is 19.8 Å². The first-order valence-corrected chi connectivity index (χ1v) is 3.26. The SMILES string of the molecule is CCCC(O)[C@@H](N)C(=O)O. The lowest BCUT2D eigenvalue weighted by Gasteiger charge is -2.12. The average molecular weight is 147 g/mol. The zero-order chi connectivity index (χ0) is 8.15. The van der Waals surface area contributed by atoms with Crippen LogP contribution in [0.25, 0.3) is 0 Å². The van der Waals surface area contributed by atoms with Crippen LogP contribution in [0.15, 0.2) is 0 Å². The second kappa shape index (κ2) is 4.24. The number of aliphatic hydroxyl groups is 1. The monoisotopic (exact) mass is 147 g/mol. The minimum atomic E-state index is -1.15. The van der Waals surface area contributed by atoms with E-state index in [9.17, 15) is 4.79 Å². The third kappa shape index (κ3) is 2.80. The summed E-state index contributed by atoms with van der Waals surface area (Å²) < 4.78 is 0. The molecule has 0 aromatic carbocycles. The molecule has 0 aliphatic heterocycles. The normalized spacial score (nSPS) is 16.3. The van der Waals surface area contributed by atoms with E-state index in [1.54, 1.807) is 0 Å². The van der Waals surface area contributed by atoms with Crippen molar-refractivity contribution in [1.29, 1.82) is 0 Å². The number of carboxylic acids is 1. The highest BCUT2D eigenvalue weighted by Crippen LogP contribution is 1.99. The third-order valence-corrected chi connectivity index (χ3v) is 1.28. The Morgan fingerprint density at radius 3 is 2.50 bits per heavy atom. The molecule has 2 atom stereocenters. The summed E-state index contributed by atoms with van der Waals surface area (Å²) in [5.74, 6) is -1.15. The molecule has 0 bridgehead atoms. The van der Waals surface area contributed by atoms with Crippen molar-refractivity contribution >= 4 is 5.97 Å². The Bertz CT molecular complexity index is 116. The van der Waals surface area contributed by atoms with Crippen molar-refractivity contribution in [2.24, 2.45) is 5.73 Å². The van der Waals surface area contributed by atoms with Gasteiger partial charge in [0.05, 0.1) is 6.10 Å². The molecule has 0 fully saturated rings. The Morgan fingerprint density at radius 2 is 2.20 bits per heavy atom. The van der Waals surface area contributed by atoms with Crippen molar-refractivity contribution in [3.63, 3.8) is 0 Å². The molecule has 0 aromatic rings. The Labute approximate surface area is 59.7 Å². The Hall–Kier alpha value is -0.610. The number of carboxylic acid groups (broad SMARTS) is 1. The average Bonchev–Trinajstić information content (AvgIpc) is 1.87. The highest BCUT2D eigenvalue weighted by Gasteiger charge is 2.20. The van der Waals surface area contributed by atoms with E-state index in [1.807, 2.05) is 6.92 Å². The first-order valence-electron chi connectivity index (χ1n) is 3.26. The summed E-state index contributed by atoms with van der Waals surface area (Å²) >= 11 is 0. The van der Waals surface area contributed by atoms with Gasteiger partial charge in [0, 0.05) is 0 Å². The highest BCUT2D eigenvalue weighted by atomic mass is 16.4. The van der Waals surface area contributed by atoms with E-state index < -0.39 is 18.1 Å². The number of aliphatic hydroxyl groups excluding tert-OH is 1. The van der Waals surface area contributed by atoms with Crippen LogP contribution >= 0.6 is 0 Å². The standard InChI is InChI=1S/C6H13NO3/c1-2-3-4(8)5(7)6(9)10/h4-5,8H,2-3,7H2,1H3,(H,9,10)/t4?,5-/m1/s1. The van der Waals surface area contributed by atoms with Crippen LogP contribution < -0.4 is 5.73 Å². The van der Waals surface area contributed by atoms with Gasteiger partial charge in [0.15, 0.2) is 0 Å². The topological polar surface area (TPSA) is 83.5 Å². The zero-order valence-electron chi connectivity index (χ0n) is 5.95. The van der Waals surface area contributed by atoms with Crippen LogP contribution in [-0.2, 0) is 4.79 Å². The van der Waals surface area contributed by atoms with Gasteiger partial charge in [-0.3, -0.25) is 4.79 Å². The summed E-state index contributed by atoms with van der Waals surface area (Å²) in [6.07, 6.45) is 0.262. The van der Waals surface area contributed by atoms with Gasteiger partial charge in [0.1, 0.15) is 6.04 Å². The first kappa shape index (κ1) is 9.39. The minimum absolute atomic E-state index is 0.438. The van der Waals surface area contributed by atoms with Gasteiger partial charge < -0.3 is 15.9 Å². The predicted molar refractivity (Wildman–Crippen MR) is 36.5 cm³/mol. The Balaban J connectivity index is 3.69. The molecule has 4 nitrogen and oxygen atoms in total. The van der Waals surface area contributed by atoms with E-state index in [0.29, 0.717) is 6.42 Å². The van der Waals surface area contributed by atoms with E-state index in [-0.39, 0.29) is 0 Å². The molecule has 0 aliphatic carbocycles. The highest BCUT2D eigenvalue weighted by molar-refractivity contribution is 5.73. The molecule has 0 rings (SSSR count). The van der Waals surface area contributed by atoms with E-state index in [1.165, 1.54) is 0 Å². The van der Waals surface area contributed by atoms with Gasteiger partial charge in [-0.15, -0.1) is 0 Å². The maximum atomic E-state index is 10.1. The number of nitrogens with two attached hydrogens (primary N) is 1. The summed E-state index contributed by atoms with van der Waals surface area (Å²) in [7, 11) is 0. The van der Waals surface area contributed by atoms with Gasteiger partial charge in [-0.2, -0.15) is 0 Å². The molecule has 0 heterocycles. The van der Waals surface area contributed by atoms with Crippen LogP contribution in [0.2, 0.25) is 0 Å². The van der Waals surface area contributed by atoms with Crippen LogP contribution in [0.4, 0.5) is 0 Å². The van der Waals surface area contributed by atoms with Crippen molar-refractivity contribution < 1.29 is 15.0 Å². The van der Waals surface area contributed by atoms with E-state index in [4.69, 9.17) is 15.9 Å². The Morgan fingerprint density at radius 1 is 1.70 bits per heavy atom. The number of aliphatic carboxylic acids is 1. The molecule has 1 unspecified atom stereocenters. The lowest BCUT2D eigenvalue weighted by Crippen LogP contribution is -2.41. The summed E-state index contributed by atoms with van der Waals surface area (Å²) in [5.41, 5.74) is 5.10. The summed E-state index contributed by atoms with van der Waals surface area (Å²) in [4.78, 5) is 10.1. The maximum absolute atomic E-state index is 10.1. The third-order valence-electron chi connectivity index (χ3n) is 1.28. The molecule has 4 N–H and O–H groups in total. The number of carbonyl (C=O) groups is 1. The molecule has 0 saturated carbocycles. The number of hydrogen-bond acceptors (Lipinski definition) is 3. The first-order chi connectivity index (χ1) is 4.59. The van der Waals surface area contributed by atoms with Crippen molar-refractivity contribution in [1.82, 2.24) is 0 Å². The molecule has 0 saturated heterocycles. The molecule has 10 heavy (non-hydrogen) atoms. The summed E-state index contributed by atoms with van der Waals surface area (Å²) in [6.45, 7) is 1.86. The molecule has 0 amide bonds. The van der Waals surface area contributed by atoms with E-state index >= 15 is 0 Å². The fourth-order valence-electron chi connectivity index (χ4n) is 0.640. The van der Waals surface area contributed by atoms with Gasteiger partial charge in [-0.25, -0.2) is 0 Å². The smallest absolute Gasteiger partial charge is 0.323 e. The van der Waals surface area contributed by atoms with Crippen LogP contribution in [0.3, 0.4) is 0 Å². The second-order valence-electron chi connectivity index (χ2n) is 2.22. The molecular formula is C6H13NO3. The second-order valence-corrected chi connectivity index (χ2v) is 2.22. The molecular weight excluding hydrogens is 134 g/mol. The fraction of sp³-hybridized carbons (Fsp3) is 0.833. The lowest BCUT2D eigenvalue weighted by molar-refractivity contribution is -0.141. The van der Waals surface area contributed by atoms with Crippen LogP contribution in [-0.4, -0.2) is 28.3 Å². The summed E-state index contributed by atoms with van der Waals surface area (Å²) in [5, 5.41) is 17.3. The molecule has 0 aliphatic rings. The quantitative estimate of drug-likeness (QED) is 0.503. The number of rotatable bonds is 4. The van der Waals surface area contributed by atoms with Crippen molar-refractivity contribution in [3.8, 4) is 0 Å². The molecule has 0 aromatic heterocycles. The van der Waals surface area contributed by atoms with Crippen molar-refractivity contribution in [2.75, 3.05) is 0 Å². The van der Waals surface area contributed by atoms with Gasteiger partial charge in [-0.05, 0) is 6.42 Å². The van der Waals surface area contributed by atoms with Gasteiger partial charge >= 0.3 is 5.97 Å². The van der Waals surface area contributed by atoms with Gasteiger partial charge in [-0.1, -0.05) is 13.3 Å². The fourth-order valence-corrected chi connectivity index (χ4v) is 0.640. The summed E-state index contributed by atoms with van der Waals surface area (Å²) in [6, 6.07) is -1.14. The zero-order valence-corrected chi connectivity index (χ0v) is 5.95.